The number of amides is 1. The average molecular weight is 597 g/mol. The number of hydrogen-bond acceptors (Lipinski definition) is 14. The van der Waals surface area contributed by atoms with Gasteiger partial charge in [-0.3, -0.25) is 4.79 Å². The number of nitrogens with two attached hydrogens (primary N) is 3. The first-order chi connectivity index (χ1) is 19.4. The molecular weight excluding hydrogens is 547 g/mol. The maximum atomic E-state index is 12.6. The molecule has 240 valence electrons. The largest absolute Gasteiger partial charge is 0.388 e. The fourth-order valence-corrected chi connectivity index (χ4v) is 5.69. The van der Waals surface area contributed by atoms with Crippen molar-refractivity contribution in [3.8, 4) is 0 Å². The van der Waals surface area contributed by atoms with E-state index < -0.39 is 79.4 Å². The number of rotatable bonds is 12. The van der Waals surface area contributed by atoms with E-state index in [0.717, 1.165) is 0 Å². The fourth-order valence-electron chi connectivity index (χ4n) is 5.69. The van der Waals surface area contributed by atoms with Crippen molar-refractivity contribution in [2.45, 2.75) is 112 Å². The molecule has 0 aromatic rings. The molecule has 13 atom stereocenters. The Hall–Kier alpha value is -1.12. The van der Waals surface area contributed by atoms with Gasteiger partial charge in [0.2, 0.25) is 5.91 Å². The predicted octanol–water partition coefficient (Wildman–Crippen LogP) is -4.51. The summed E-state index contributed by atoms with van der Waals surface area (Å²) in [6, 6.07) is -2.79. The minimum absolute atomic E-state index is 0.0612. The van der Waals surface area contributed by atoms with Gasteiger partial charge >= 0.3 is 0 Å². The van der Waals surface area contributed by atoms with E-state index in [-0.39, 0.29) is 38.3 Å². The van der Waals surface area contributed by atoms with Crippen LogP contribution in [0.15, 0.2) is 0 Å². The lowest BCUT2D eigenvalue weighted by molar-refractivity contribution is -0.305. The van der Waals surface area contributed by atoms with Gasteiger partial charge in [-0.15, -0.1) is 0 Å². The van der Waals surface area contributed by atoms with E-state index in [1.807, 2.05) is 0 Å². The monoisotopic (exact) mass is 596 g/mol. The van der Waals surface area contributed by atoms with Crippen LogP contribution in [0.5, 0.6) is 0 Å². The zero-order chi connectivity index (χ0) is 30.3. The average Bonchev–Trinajstić information content (AvgIpc) is 3.10. The van der Waals surface area contributed by atoms with Crippen molar-refractivity contribution in [2.24, 2.45) is 17.2 Å². The highest BCUT2D eigenvalue weighted by molar-refractivity contribution is 5.81. The van der Waals surface area contributed by atoms with Gasteiger partial charge < -0.3 is 72.5 Å². The minimum Gasteiger partial charge on any atom is -0.388 e. The van der Waals surface area contributed by atoms with Crippen molar-refractivity contribution < 1.29 is 48.6 Å². The van der Waals surface area contributed by atoms with Gasteiger partial charge in [-0.2, -0.15) is 0 Å². The summed E-state index contributed by atoms with van der Waals surface area (Å²) in [7, 11) is 1.57. The molecule has 0 bridgehead atoms. The molecule has 3 fully saturated rings. The van der Waals surface area contributed by atoms with Crippen LogP contribution in [0.25, 0.3) is 0 Å². The summed E-state index contributed by atoms with van der Waals surface area (Å²) in [4.78, 5) is 12.5. The molecule has 2 aliphatic heterocycles. The number of likely N-dealkylation sites (N-methyl/N-ethyl adjacent to an activating group) is 1. The summed E-state index contributed by atoms with van der Waals surface area (Å²) in [5.74, 6) is -0.785. The first-order valence-electron chi connectivity index (χ1n) is 14.2. The van der Waals surface area contributed by atoms with Crippen LogP contribution in [-0.2, 0) is 23.7 Å². The topological polar surface area (TPSA) is 249 Å². The molecule has 3 rings (SSSR count). The van der Waals surface area contributed by atoms with E-state index in [1.54, 1.807) is 7.05 Å². The molecule has 13 unspecified atom stereocenters. The molecule has 0 radical (unpaired) electrons. The Balaban J connectivity index is 1.79. The van der Waals surface area contributed by atoms with Gasteiger partial charge in [0, 0.05) is 38.1 Å². The van der Waals surface area contributed by atoms with Crippen LogP contribution >= 0.6 is 0 Å². The summed E-state index contributed by atoms with van der Waals surface area (Å²) in [5, 5.41) is 51.4. The Morgan fingerprint density at radius 3 is 2.56 bits per heavy atom. The number of hydrogen-bond donors (Lipinski definition) is 10. The summed E-state index contributed by atoms with van der Waals surface area (Å²) in [6.07, 6.45) is -7.28. The molecule has 1 aliphatic carbocycles. The molecule has 15 nitrogen and oxygen atoms in total. The Kier molecular flexibility index (Phi) is 13.0. The van der Waals surface area contributed by atoms with E-state index in [2.05, 4.69) is 16.0 Å². The second-order valence-corrected chi connectivity index (χ2v) is 11.4. The van der Waals surface area contributed by atoms with Crippen LogP contribution in [0.2, 0.25) is 0 Å². The van der Waals surface area contributed by atoms with Crippen LogP contribution < -0.4 is 33.2 Å². The number of ether oxygens (including phenoxy) is 4. The Morgan fingerprint density at radius 1 is 1.17 bits per heavy atom. The third-order valence-electron chi connectivity index (χ3n) is 7.95. The van der Waals surface area contributed by atoms with Crippen LogP contribution in [0, 0.1) is 0 Å². The highest BCUT2D eigenvalue weighted by atomic mass is 19.1. The quantitative estimate of drug-likeness (QED) is 0.0954. The molecule has 2 heterocycles. The second-order valence-electron chi connectivity index (χ2n) is 11.4. The first-order valence-corrected chi connectivity index (χ1v) is 14.2. The van der Waals surface area contributed by atoms with E-state index in [9.17, 15) is 29.6 Å². The molecule has 0 spiro atoms. The third-order valence-corrected chi connectivity index (χ3v) is 7.95. The molecule has 1 saturated carbocycles. The smallest absolute Gasteiger partial charge is 0.250 e. The van der Waals surface area contributed by atoms with E-state index >= 15 is 0 Å². The Morgan fingerprint density at radius 2 is 1.90 bits per heavy atom. The predicted molar refractivity (Wildman–Crippen MR) is 144 cm³/mol. The summed E-state index contributed by atoms with van der Waals surface area (Å²) >= 11 is 0. The molecule has 16 heteroatoms. The maximum absolute atomic E-state index is 12.6. The number of alkyl halides is 1. The van der Waals surface area contributed by atoms with Gasteiger partial charge in [0.15, 0.2) is 12.6 Å². The third kappa shape index (κ3) is 8.95. The Bertz CT molecular complexity index is 820. The van der Waals surface area contributed by atoms with Gasteiger partial charge in [0.05, 0.1) is 24.8 Å². The fraction of sp³-hybridized carbons (Fsp3) is 0.960. The molecule has 0 aromatic heterocycles. The summed E-state index contributed by atoms with van der Waals surface area (Å²) in [6.45, 7) is 1.06. The zero-order valence-electron chi connectivity index (χ0n) is 23.7. The normalized spacial score (nSPS) is 42.8. The van der Waals surface area contributed by atoms with E-state index in [4.69, 9.17) is 36.1 Å². The number of aliphatic hydroxyl groups is 4. The number of carbonyl (C=O) groups excluding carboxylic acids is 1. The highest BCUT2D eigenvalue weighted by Crippen LogP contribution is 2.32. The van der Waals surface area contributed by atoms with Crippen LogP contribution in [0.1, 0.15) is 32.6 Å². The van der Waals surface area contributed by atoms with Gasteiger partial charge in [-0.25, -0.2) is 4.39 Å². The van der Waals surface area contributed by atoms with Crippen LogP contribution in [0.4, 0.5) is 4.39 Å². The van der Waals surface area contributed by atoms with Crippen molar-refractivity contribution in [1.29, 1.82) is 0 Å². The molecule has 41 heavy (non-hydrogen) atoms. The van der Waals surface area contributed by atoms with Crippen molar-refractivity contribution >= 4 is 5.91 Å². The van der Waals surface area contributed by atoms with E-state index in [0.29, 0.717) is 25.8 Å². The van der Waals surface area contributed by atoms with Crippen molar-refractivity contribution in [3.63, 3.8) is 0 Å². The lowest BCUT2D eigenvalue weighted by Crippen LogP contribution is -2.69. The van der Waals surface area contributed by atoms with Gasteiger partial charge in [-0.05, 0) is 33.2 Å². The molecule has 2 saturated heterocycles. The van der Waals surface area contributed by atoms with Crippen LogP contribution in [-0.4, -0.2) is 145 Å². The highest BCUT2D eigenvalue weighted by Gasteiger charge is 2.51. The maximum Gasteiger partial charge on any atom is 0.250 e. The molecule has 13 N–H and O–H groups in total. The molecule has 1 amide bonds. The van der Waals surface area contributed by atoms with Crippen molar-refractivity contribution in [1.82, 2.24) is 16.0 Å². The number of aliphatic hydroxyl groups excluding tert-OH is 3. The summed E-state index contributed by atoms with van der Waals surface area (Å²) < 4.78 is 36.5. The van der Waals surface area contributed by atoms with Crippen LogP contribution in [0.3, 0.4) is 0 Å². The molecule has 0 aromatic carbocycles. The zero-order valence-corrected chi connectivity index (χ0v) is 23.7. The number of nitrogens with one attached hydrogen (secondary N) is 3. The van der Waals surface area contributed by atoms with Gasteiger partial charge in [0.1, 0.15) is 42.8 Å². The lowest BCUT2D eigenvalue weighted by Gasteiger charge is -2.48. The summed E-state index contributed by atoms with van der Waals surface area (Å²) in [5.41, 5.74) is 16.7. The van der Waals surface area contributed by atoms with E-state index in [1.165, 1.54) is 6.92 Å². The first kappa shape index (κ1) is 34.4. The minimum atomic E-state index is -1.50. The van der Waals surface area contributed by atoms with Crippen molar-refractivity contribution in [2.75, 3.05) is 40.0 Å². The lowest BCUT2D eigenvalue weighted by atomic mass is 9.83. The number of carbonyl (C=O) groups is 1. The van der Waals surface area contributed by atoms with Gasteiger partial charge in [0.25, 0.3) is 0 Å². The number of halogens is 1. The Labute approximate surface area is 239 Å². The second kappa shape index (κ2) is 15.6. The van der Waals surface area contributed by atoms with Crippen molar-refractivity contribution in [3.05, 3.63) is 0 Å². The van der Waals surface area contributed by atoms with Gasteiger partial charge in [-0.1, -0.05) is 0 Å². The molecule has 3 aliphatic rings. The molecular formula is C25H49FN6O9. The SMILES string of the molecule is CNC1C(O)C(OC2C(NC(=O)C(O)CN)CC(N)C(OC3CC(N)CCC(CNCCF)O3)C2O)OCC1(C)O. The standard InChI is InChI=1S/C25H49FN6O9/c1-25(37)11-38-24(19(35)22(25)30-2)41-21-15(32-23(36)16(33)9-27)8-14(29)20(18(21)34)40-17-7-12(28)3-4-13(39-17)10-31-6-5-26/h12-22,24,30-31,33-35,37H,3-11,27-29H2,1-2H3,(H,32,36).